The van der Waals surface area contributed by atoms with Gasteiger partial charge in [-0.1, -0.05) is 0 Å². The van der Waals surface area contributed by atoms with Crippen LogP contribution in [0.3, 0.4) is 0 Å². The van der Waals surface area contributed by atoms with Crippen molar-refractivity contribution in [2.24, 2.45) is 0 Å². The Bertz CT molecular complexity index is 542. The molecule has 0 saturated carbocycles. The van der Waals surface area contributed by atoms with Crippen molar-refractivity contribution in [2.75, 3.05) is 24.8 Å². The van der Waals surface area contributed by atoms with Crippen molar-refractivity contribution >= 4 is 17.5 Å². The summed E-state index contributed by atoms with van der Waals surface area (Å²) in [6.45, 7) is 2.02. The second-order valence-electron chi connectivity index (χ2n) is 3.82. The molecule has 94 valence electrons. The molecule has 1 aromatic heterocycles. The van der Waals surface area contributed by atoms with Gasteiger partial charge in [0.15, 0.2) is 0 Å². The molecule has 0 fully saturated rings. The Hall–Kier alpha value is -2.30. The second-order valence-corrected chi connectivity index (χ2v) is 3.82. The topological polar surface area (TPSA) is 59.1 Å². The van der Waals surface area contributed by atoms with Crippen LogP contribution in [0.5, 0.6) is 5.75 Å². The van der Waals surface area contributed by atoms with E-state index in [-0.39, 0.29) is 0 Å². The van der Waals surface area contributed by atoms with Gasteiger partial charge in [0, 0.05) is 18.9 Å². The molecule has 1 aromatic carbocycles. The van der Waals surface area contributed by atoms with Gasteiger partial charge >= 0.3 is 0 Å². The molecule has 0 saturated heterocycles. The standard InChI is InChI=1S/C13H16N4O/c1-9-8-10(18-3)4-5-11(9)16-12-6-7-15-13(14-2)17-12/h4-8H,1-3H3,(H2,14,15,16,17). The molecule has 0 aliphatic heterocycles. The highest BCUT2D eigenvalue weighted by Gasteiger charge is 2.02. The molecule has 1 heterocycles. The fourth-order valence-corrected chi connectivity index (χ4v) is 1.59. The molecule has 0 unspecified atom stereocenters. The first kappa shape index (κ1) is 12.2. The Morgan fingerprint density at radius 2 is 2.06 bits per heavy atom. The molecule has 0 amide bonds. The number of nitrogens with one attached hydrogen (secondary N) is 2. The maximum absolute atomic E-state index is 5.17. The smallest absolute Gasteiger partial charge is 0.224 e. The van der Waals surface area contributed by atoms with Crippen molar-refractivity contribution in [3.63, 3.8) is 0 Å². The summed E-state index contributed by atoms with van der Waals surface area (Å²) < 4.78 is 5.17. The number of hydrogen-bond acceptors (Lipinski definition) is 5. The summed E-state index contributed by atoms with van der Waals surface area (Å²) in [4.78, 5) is 8.37. The molecule has 2 rings (SSSR count). The van der Waals surface area contributed by atoms with Crippen LogP contribution in [0.1, 0.15) is 5.56 Å². The van der Waals surface area contributed by atoms with Crippen molar-refractivity contribution in [1.82, 2.24) is 9.97 Å². The Balaban J connectivity index is 2.22. The third-order valence-corrected chi connectivity index (χ3v) is 2.58. The summed E-state index contributed by atoms with van der Waals surface area (Å²) in [6.07, 6.45) is 1.71. The lowest BCUT2D eigenvalue weighted by atomic mass is 10.2. The number of aromatic nitrogens is 2. The van der Waals surface area contributed by atoms with Gasteiger partial charge < -0.3 is 15.4 Å². The minimum absolute atomic E-state index is 0.589. The summed E-state index contributed by atoms with van der Waals surface area (Å²) in [6, 6.07) is 7.68. The van der Waals surface area contributed by atoms with E-state index < -0.39 is 0 Å². The molecule has 0 atom stereocenters. The number of rotatable bonds is 4. The zero-order valence-corrected chi connectivity index (χ0v) is 10.7. The van der Waals surface area contributed by atoms with Gasteiger partial charge in [-0.05, 0) is 36.8 Å². The second kappa shape index (κ2) is 5.35. The molecule has 2 aromatic rings. The van der Waals surface area contributed by atoms with Crippen LogP contribution < -0.4 is 15.4 Å². The highest BCUT2D eigenvalue weighted by Crippen LogP contribution is 2.23. The number of aryl methyl sites for hydroxylation is 1. The first-order valence-electron chi connectivity index (χ1n) is 5.65. The summed E-state index contributed by atoms with van der Waals surface area (Å²) in [7, 11) is 3.45. The van der Waals surface area contributed by atoms with E-state index in [9.17, 15) is 0 Å². The lowest BCUT2D eigenvalue weighted by Gasteiger charge is -2.10. The molecule has 5 nitrogen and oxygen atoms in total. The van der Waals surface area contributed by atoms with Crippen LogP contribution in [0.25, 0.3) is 0 Å². The molecule has 0 aliphatic carbocycles. The number of nitrogens with zero attached hydrogens (tertiary/aromatic N) is 2. The quantitative estimate of drug-likeness (QED) is 0.865. The number of ether oxygens (including phenoxy) is 1. The molecule has 0 spiro atoms. The van der Waals surface area contributed by atoms with Gasteiger partial charge in [0.2, 0.25) is 5.95 Å². The predicted octanol–water partition coefficient (Wildman–Crippen LogP) is 2.58. The molecular weight excluding hydrogens is 228 g/mol. The molecular formula is C13H16N4O. The summed E-state index contributed by atoms with van der Waals surface area (Å²) in [5.74, 6) is 2.19. The number of methoxy groups -OCH3 is 1. The molecule has 18 heavy (non-hydrogen) atoms. The first-order valence-corrected chi connectivity index (χ1v) is 5.65. The monoisotopic (exact) mass is 244 g/mol. The Morgan fingerprint density at radius 1 is 1.22 bits per heavy atom. The zero-order valence-electron chi connectivity index (χ0n) is 10.7. The number of anilines is 3. The fourth-order valence-electron chi connectivity index (χ4n) is 1.59. The fraction of sp³-hybridized carbons (Fsp3) is 0.231. The SMILES string of the molecule is CNc1nccc(Nc2ccc(OC)cc2C)n1. The average Bonchev–Trinajstić information content (AvgIpc) is 2.41. The van der Waals surface area contributed by atoms with Crippen LogP contribution in [-0.2, 0) is 0 Å². The van der Waals surface area contributed by atoms with E-state index in [2.05, 4.69) is 20.6 Å². The van der Waals surface area contributed by atoms with Crippen molar-refractivity contribution in [3.8, 4) is 5.75 Å². The van der Waals surface area contributed by atoms with Crippen LogP contribution in [0, 0.1) is 6.92 Å². The Morgan fingerprint density at radius 3 is 2.72 bits per heavy atom. The largest absolute Gasteiger partial charge is 0.497 e. The third kappa shape index (κ3) is 2.68. The summed E-state index contributed by atoms with van der Waals surface area (Å²) >= 11 is 0. The van der Waals surface area contributed by atoms with Gasteiger partial charge in [0.05, 0.1) is 7.11 Å². The van der Waals surface area contributed by atoms with Gasteiger partial charge in [-0.25, -0.2) is 4.98 Å². The normalized spacial score (nSPS) is 9.94. The molecule has 0 bridgehead atoms. The summed E-state index contributed by atoms with van der Waals surface area (Å²) in [5.41, 5.74) is 2.09. The maximum atomic E-state index is 5.17. The van der Waals surface area contributed by atoms with Gasteiger partial charge in [0.25, 0.3) is 0 Å². The van der Waals surface area contributed by atoms with Crippen LogP contribution in [0.2, 0.25) is 0 Å². The van der Waals surface area contributed by atoms with Gasteiger partial charge in [0.1, 0.15) is 11.6 Å². The average molecular weight is 244 g/mol. The van der Waals surface area contributed by atoms with Crippen LogP contribution in [-0.4, -0.2) is 24.1 Å². The van der Waals surface area contributed by atoms with E-state index in [1.165, 1.54) is 0 Å². The van der Waals surface area contributed by atoms with E-state index in [0.717, 1.165) is 22.8 Å². The summed E-state index contributed by atoms with van der Waals surface area (Å²) in [5, 5.41) is 6.16. The lowest BCUT2D eigenvalue weighted by molar-refractivity contribution is 0.414. The van der Waals surface area contributed by atoms with Crippen molar-refractivity contribution in [1.29, 1.82) is 0 Å². The van der Waals surface area contributed by atoms with E-state index in [1.54, 1.807) is 20.4 Å². The lowest BCUT2D eigenvalue weighted by Crippen LogP contribution is -2.00. The zero-order chi connectivity index (χ0) is 13.0. The van der Waals surface area contributed by atoms with Crippen LogP contribution in [0.15, 0.2) is 30.5 Å². The highest BCUT2D eigenvalue weighted by molar-refractivity contribution is 5.62. The van der Waals surface area contributed by atoms with Crippen molar-refractivity contribution < 1.29 is 4.74 Å². The van der Waals surface area contributed by atoms with E-state index in [4.69, 9.17) is 4.74 Å². The molecule has 5 heteroatoms. The van der Waals surface area contributed by atoms with Crippen LogP contribution in [0.4, 0.5) is 17.5 Å². The number of hydrogen-bond donors (Lipinski definition) is 2. The van der Waals surface area contributed by atoms with Gasteiger partial charge in [-0.2, -0.15) is 4.98 Å². The molecule has 2 N–H and O–H groups in total. The van der Waals surface area contributed by atoms with E-state index in [0.29, 0.717) is 5.95 Å². The molecule has 0 radical (unpaired) electrons. The Kier molecular flexibility index (Phi) is 3.62. The third-order valence-electron chi connectivity index (χ3n) is 2.58. The molecule has 0 aliphatic rings. The predicted molar refractivity (Wildman–Crippen MR) is 72.6 cm³/mol. The maximum Gasteiger partial charge on any atom is 0.224 e. The van der Waals surface area contributed by atoms with Crippen molar-refractivity contribution in [2.45, 2.75) is 6.92 Å². The van der Waals surface area contributed by atoms with Gasteiger partial charge in [-0.15, -0.1) is 0 Å². The van der Waals surface area contributed by atoms with Crippen molar-refractivity contribution in [3.05, 3.63) is 36.0 Å². The van der Waals surface area contributed by atoms with Gasteiger partial charge in [-0.3, -0.25) is 0 Å². The minimum atomic E-state index is 0.589. The Labute approximate surface area is 106 Å². The van der Waals surface area contributed by atoms with E-state index >= 15 is 0 Å². The first-order chi connectivity index (χ1) is 8.72. The van der Waals surface area contributed by atoms with E-state index in [1.807, 2.05) is 31.2 Å². The van der Waals surface area contributed by atoms with Crippen LogP contribution >= 0.6 is 0 Å². The number of benzene rings is 1. The highest BCUT2D eigenvalue weighted by atomic mass is 16.5. The minimum Gasteiger partial charge on any atom is -0.497 e.